The van der Waals surface area contributed by atoms with Gasteiger partial charge in [0.2, 0.25) is 0 Å². The molecule has 1 saturated heterocycles. The van der Waals surface area contributed by atoms with Gasteiger partial charge in [0.05, 0.1) is 5.56 Å². The molecule has 0 spiro atoms. The fourth-order valence-corrected chi connectivity index (χ4v) is 2.76. The van der Waals surface area contributed by atoms with Crippen LogP contribution in [0.1, 0.15) is 42.1 Å². The van der Waals surface area contributed by atoms with Gasteiger partial charge in [0.25, 0.3) is 0 Å². The van der Waals surface area contributed by atoms with Crippen molar-refractivity contribution in [2.45, 2.75) is 38.6 Å². The Morgan fingerprint density at radius 1 is 1.33 bits per heavy atom. The Bertz CT molecular complexity index is 499. The van der Waals surface area contributed by atoms with E-state index in [1.54, 1.807) is 24.3 Å². The maximum atomic E-state index is 12.1. The molecule has 0 radical (unpaired) electrons. The molecule has 0 bridgehead atoms. The predicted molar refractivity (Wildman–Crippen MR) is 80.5 cm³/mol. The fourth-order valence-electron chi connectivity index (χ4n) is 2.76. The molecule has 0 aliphatic carbocycles. The molecule has 2 amide bonds. The van der Waals surface area contributed by atoms with Gasteiger partial charge in [-0.2, -0.15) is 0 Å². The zero-order valence-electron chi connectivity index (χ0n) is 12.3. The summed E-state index contributed by atoms with van der Waals surface area (Å²) in [6, 6.07) is 7.15. The largest absolute Gasteiger partial charge is 0.478 e. The van der Waals surface area contributed by atoms with Crippen molar-refractivity contribution in [3.63, 3.8) is 0 Å². The summed E-state index contributed by atoms with van der Waals surface area (Å²) < 4.78 is 0. The van der Waals surface area contributed by atoms with E-state index in [-0.39, 0.29) is 11.6 Å². The number of carbonyl (C=O) groups excluding carboxylic acids is 1. The average Bonchev–Trinajstić information content (AvgIpc) is 2.96. The lowest BCUT2D eigenvalue weighted by molar-refractivity contribution is 0.0697. The van der Waals surface area contributed by atoms with Crippen LogP contribution in [0.5, 0.6) is 0 Å². The van der Waals surface area contributed by atoms with E-state index in [0.29, 0.717) is 19.0 Å². The minimum Gasteiger partial charge on any atom is -0.478 e. The number of amides is 2. The normalized spacial score (nSPS) is 17.8. The highest BCUT2D eigenvalue weighted by molar-refractivity contribution is 5.87. The lowest BCUT2D eigenvalue weighted by Gasteiger charge is -2.23. The molecule has 1 aliphatic rings. The first-order valence-electron chi connectivity index (χ1n) is 7.48. The van der Waals surface area contributed by atoms with Crippen molar-refractivity contribution in [3.05, 3.63) is 35.4 Å². The Morgan fingerprint density at radius 2 is 2.05 bits per heavy atom. The molecular formula is C16H22N2O3. The highest BCUT2D eigenvalue weighted by Gasteiger charge is 2.26. The summed E-state index contributed by atoms with van der Waals surface area (Å²) in [5.41, 5.74) is 1.31. The molecule has 1 atom stereocenters. The second kappa shape index (κ2) is 7.11. The molecule has 1 unspecified atom stereocenters. The molecule has 1 aromatic rings. The van der Waals surface area contributed by atoms with Gasteiger partial charge in [0.1, 0.15) is 0 Å². The van der Waals surface area contributed by atoms with Crippen LogP contribution in [0.15, 0.2) is 24.3 Å². The number of carbonyl (C=O) groups is 2. The van der Waals surface area contributed by atoms with E-state index in [2.05, 4.69) is 12.2 Å². The predicted octanol–water partition coefficient (Wildman–Crippen LogP) is 2.51. The Morgan fingerprint density at radius 3 is 2.67 bits per heavy atom. The van der Waals surface area contributed by atoms with Crippen LogP contribution in [0.3, 0.4) is 0 Å². The summed E-state index contributed by atoms with van der Waals surface area (Å²) in [6.07, 6.45) is 3.89. The van der Waals surface area contributed by atoms with Gasteiger partial charge < -0.3 is 15.3 Å². The first-order valence-corrected chi connectivity index (χ1v) is 7.48. The molecule has 21 heavy (non-hydrogen) atoms. The van der Waals surface area contributed by atoms with Gasteiger partial charge in [-0.05, 0) is 43.4 Å². The van der Waals surface area contributed by atoms with E-state index in [1.165, 1.54) is 0 Å². The molecule has 0 saturated carbocycles. The van der Waals surface area contributed by atoms with E-state index in [9.17, 15) is 9.59 Å². The highest BCUT2D eigenvalue weighted by Crippen LogP contribution is 2.19. The van der Waals surface area contributed by atoms with Gasteiger partial charge in [0, 0.05) is 19.1 Å². The third kappa shape index (κ3) is 3.97. The van der Waals surface area contributed by atoms with Gasteiger partial charge in [0.15, 0.2) is 0 Å². The Balaban J connectivity index is 1.78. The minimum absolute atomic E-state index is 0.0153. The van der Waals surface area contributed by atoms with Gasteiger partial charge in [-0.1, -0.05) is 19.1 Å². The zero-order chi connectivity index (χ0) is 15.2. The van der Waals surface area contributed by atoms with Gasteiger partial charge in [-0.15, -0.1) is 0 Å². The number of hydrogen-bond acceptors (Lipinski definition) is 2. The first-order chi connectivity index (χ1) is 10.1. The second-order valence-corrected chi connectivity index (χ2v) is 5.38. The molecule has 5 nitrogen and oxygen atoms in total. The second-order valence-electron chi connectivity index (χ2n) is 5.38. The van der Waals surface area contributed by atoms with Crippen LogP contribution in [0.4, 0.5) is 4.79 Å². The molecule has 1 aromatic carbocycles. The maximum absolute atomic E-state index is 12.1. The number of carboxylic acid groups (broad SMARTS) is 1. The van der Waals surface area contributed by atoms with Crippen LogP contribution in [0.25, 0.3) is 0 Å². The maximum Gasteiger partial charge on any atom is 0.335 e. The van der Waals surface area contributed by atoms with E-state index in [4.69, 9.17) is 5.11 Å². The molecule has 0 aromatic heterocycles. The number of aromatic carboxylic acids is 1. The summed E-state index contributed by atoms with van der Waals surface area (Å²) >= 11 is 0. The lowest BCUT2D eigenvalue weighted by Crippen LogP contribution is -2.43. The van der Waals surface area contributed by atoms with Crippen molar-refractivity contribution in [1.29, 1.82) is 0 Å². The molecule has 1 fully saturated rings. The standard InChI is InChI=1S/C16H22N2O3/c1-2-14-4-3-11-18(14)16(21)17-10-9-12-5-7-13(8-6-12)15(19)20/h5-8,14H,2-4,9-11H2,1H3,(H,17,21)(H,19,20). The van der Waals surface area contributed by atoms with Crippen molar-refractivity contribution in [1.82, 2.24) is 10.2 Å². The van der Waals surface area contributed by atoms with Crippen molar-refractivity contribution in [3.8, 4) is 0 Å². The lowest BCUT2D eigenvalue weighted by atomic mass is 10.1. The van der Waals surface area contributed by atoms with Gasteiger partial charge in [-0.3, -0.25) is 0 Å². The quantitative estimate of drug-likeness (QED) is 0.875. The Kier molecular flexibility index (Phi) is 5.20. The number of carboxylic acids is 1. The third-order valence-corrected chi connectivity index (χ3v) is 4.00. The number of nitrogens with one attached hydrogen (secondary N) is 1. The van der Waals surface area contributed by atoms with E-state index >= 15 is 0 Å². The molecule has 1 heterocycles. The van der Waals surface area contributed by atoms with Crippen molar-refractivity contribution in [2.75, 3.05) is 13.1 Å². The van der Waals surface area contributed by atoms with Crippen molar-refractivity contribution < 1.29 is 14.7 Å². The van der Waals surface area contributed by atoms with Crippen LogP contribution in [-0.4, -0.2) is 41.1 Å². The topological polar surface area (TPSA) is 69.6 Å². The van der Waals surface area contributed by atoms with Crippen LogP contribution in [0, 0.1) is 0 Å². The molecule has 2 rings (SSSR count). The highest BCUT2D eigenvalue weighted by atomic mass is 16.4. The van der Waals surface area contributed by atoms with E-state index in [0.717, 1.165) is 31.4 Å². The smallest absolute Gasteiger partial charge is 0.335 e. The van der Waals surface area contributed by atoms with E-state index < -0.39 is 5.97 Å². The number of rotatable bonds is 5. The van der Waals surface area contributed by atoms with E-state index in [1.807, 2.05) is 4.90 Å². The summed E-state index contributed by atoms with van der Waals surface area (Å²) in [6.45, 7) is 3.52. The molecular weight excluding hydrogens is 268 g/mol. The third-order valence-electron chi connectivity index (χ3n) is 4.00. The molecule has 114 valence electrons. The first kappa shape index (κ1) is 15.4. The molecule has 1 aliphatic heterocycles. The number of nitrogens with zero attached hydrogens (tertiary/aromatic N) is 1. The Hall–Kier alpha value is -2.04. The van der Waals surface area contributed by atoms with Crippen LogP contribution in [0.2, 0.25) is 0 Å². The number of urea groups is 1. The van der Waals surface area contributed by atoms with Gasteiger partial charge >= 0.3 is 12.0 Å². The summed E-state index contributed by atoms with van der Waals surface area (Å²) in [5, 5.41) is 11.8. The van der Waals surface area contributed by atoms with Crippen molar-refractivity contribution in [2.24, 2.45) is 0 Å². The zero-order valence-corrected chi connectivity index (χ0v) is 12.3. The summed E-state index contributed by atoms with van der Waals surface area (Å²) in [4.78, 5) is 24.8. The average molecular weight is 290 g/mol. The number of benzene rings is 1. The summed E-state index contributed by atoms with van der Waals surface area (Å²) in [5.74, 6) is -0.922. The molecule has 2 N–H and O–H groups in total. The monoisotopic (exact) mass is 290 g/mol. The van der Waals surface area contributed by atoms with Crippen LogP contribution in [-0.2, 0) is 6.42 Å². The summed E-state index contributed by atoms with van der Waals surface area (Å²) in [7, 11) is 0. The Labute approximate surface area is 125 Å². The SMILES string of the molecule is CCC1CCCN1C(=O)NCCc1ccc(C(=O)O)cc1. The van der Waals surface area contributed by atoms with Crippen LogP contribution < -0.4 is 5.32 Å². The number of hydrogen-bond donors (Lipinski definition) is 2. The molecule has 5 heteroatoms. The van der Waals surface area contributed by atoms with Gasteiger partial charge in [-0.25, -0.2) is 9.59 Å². The minimum atomic E-state index is -0.922. The van der Waals surface area contributed by atoms with Crippen molar-refractivity contribution >= 4 is 12.0 Å². The number of likely N-dealkylation sites (tertiary alicyclic amines) is 1. The fraction of sp³-hybridized carbons (Fsp3) is 0.500. The van der Waals surface area contributed by atoms with Crippen LogP contribution >= 0.6 is 0 Å².